The van der Waals surface area contributed by atoms with Crippen LogP contribution in [0.15, 0.2) is 27.1 Å². The van der Waals surface area contributed by atoms with E-state index in [4.69, 9.17) is 0 Å². The van der Waals surface area contributed by atoms with Gasteiger partial charge in [0.05, 0.1) is 6.10 Å². The largest absolute Gasteiger partial charge is 0.388 e. The molecule has 0 aliphatic heterocycles. The van der Waals surface area contributed by atoms with E-state index in [0.717, 1.165) is 33.3 Å². The Morgan fingerprint density at radius 3 is 2.35 bits per heavy atom. The van der Waals surface area contributed by atoms with Crippen LogP contribution in [0.3, 0.4) is 0 Å². The smallest absolute Gasteiger partial charge is 0.0818 e. The van der Waals surface area contributed by atoms with Gasteiger partial charge in [-0.25, -0.2) is 0 Å². The molecule has 0 amide bonds. The van der Waals surface area contributed by atoms with Crippen molar-refractivity contribution in [2.45, 2.75) is 38.7 Å². The van der Waals surface area contributed by atoms with Crippen molar-refractivity contribution in [2.75, 3.05) is 0 Å². The number of benzene rings is 1. The zero-order valence-electron chi connectivity index (χ0n) is 10.00. The number of aliphatic hydroxyl groups is 1. The van der Waals surface area contributed by atoms with Crippen LogP contribution < -0.4 is 0 Å². The standard InChI is InChI=1S/C14H18Br2O/c1-9-2-4-10(5-3-9)14(17)11-6-7-12(15)13(16)8-11/h6-10,14,17H,2-5H2,1H3. The van der Waals surface area contributed by atoms with Crippen LogP contribution in [0.1, 0.15) is 44.3 Å². The van der Waals surface area contributed by atoms with Crippen LogP contribution in [0.4, 0.5) is 0 Å². The van der Waals surface area contributed by atoms with E-state index >= 15 is 0 Å². The van der Waals surface area contributed by atoms with E-state index in [9.17, 15) is 5.11 Å². The van der Waals surface area contributed by atoms with Crippen molar-refractivity contribution < 1.29 is 5.11 Å². The van der Waals surface area contributed by atoms with Crippen molar-refractivity contribution in [1.82, 2.24) is 0 Å². The molecule has 1 aromatic rings. The maximum Gasteiger partial charge on any atom is 0.0818 e. The van der Waals surface area contributed by atoms with Crippen molar-refractivity contribution in [1.29, 1.82) is 0 Å². The molecule has 0 saturated heterocycles. The summed E-state index contributed by atoms with van der Waals surface area (Å²) in [6, 6.07) is 6.03. The van der Waals surface area contributed by atoms with E-state index in [1.165, 1.54) is 12.8 Å². The van der Waals surface area contributed by atoms with Crippen molar-refractivity contribution in [3.8, 4) is 0 Å². The molecule has 1 fully saturated rings. The second kappa shape index (κ2) is 5.85. The summed E-state index contributed by atoms with van der Waals surface area (Å²) < 4.78 is 2.05. The molecule has 94 valence electrons. The number of hydrogen-bond acceptors (Lipinski definition) is 1. The minimum atomic E-state index is -0.313. The van der Waals surface area contributed by atoms with Gasteiger partial charge in [0.2, 0.25) is 0 Å². The van der Waals surface area contributed by atoms with Gasteiger partial charge in [-0.05, 0) is 74.2 Å². The number of aliphatic hydroxyl groups excluding tert-OH is 1. The van der Waals surface area contributed by atoms with Gasteiger partial charge in [-0.2, -0.15) is 0 Å². The van der Waals surface area contributed by atoms with Gasteiger partial charge in [-0.3, -0.25) is 0 Å². The summed E-state index contributed by atoms with van der Waals surface area (Å²) in [4.78, 5) is 0. The molecule has 1 saturated carbocycles. The molecule has 1 nitrogen and oxygen atoms in total. The van der Waals surface area contributed by atoms with Gasteiger partial charge in [-0.15, -0.1) is 0 Å². The quantitative estimate of drug-likeness (QED) is 0.779. The molecular weight excluding hydrogens is 344 g/mol. The zero-order chi connectivity index (χ0) is 12.4. The molecule has 0 heterocycles. The predicted molar refractivity (Wildman–Crippen MR) is 77.9 cm³/mol. The summed E-state index contributed by atoms with van der Waals surface area (Å²) in [6.07, 6.45) is 4.48. The highest BCUT2D eigenvalue weighted by molar-refractivity contribution is 9.13. The van der Waals surface area contributed by atoms with Crippen molar-refractivity contribution >= 4 is 31.9 Å². The van der Waals surface area contributed by atoms with E-state index in [2.05, 4.69) is 38.8 Å². The number of halogens is 2. The lowest BCUT2D eigenvalue weighted by molar-refractivity contribution is 0.0755. The highest BCUT2D eigenvalue weighted by Gasteiger charge is 2.25. The highest BCUT2D eigenvalue weighted by Crippen LogP contribution is 2.38. The molecule has 0 bridgehead atoms. The Bertz CT molecular complexity index is 384. The Kier molecular flexibility index (Phi) is 4.67. The Hall–Kier alpha value is 0.140. The molecule has 0 aromatic heterocycles. The first-order valence-corrected chi connectivity index (χ1v) is 7.79. The van der Waals surface area contributed by atoms with Crippen LogP contribution >= 0.6 is 31.9 Å². The van der Waals surface area contributed by atoms with Crippen LogP contribution in [0.2, 0.25) is 0 Å². The monoisotopic (exact) mass is 360 g/mol. The third-order valence-electron chi connectivity index (χ3n) is 3.79. The van der Waals surface area contributed by atoms with E-state index < -0.39 is 0 Å². The molecule has 0 spiro atoms. The summed E-state index contributed by atoms with van der Waals surface area (Å²) in [5.41, 5.74) is 1.03. The third-order valence-corrected chi connectivity index (χ3v) is 5.67. The molecule has 1 N–H and O–H groups in total. The van der Waals surface area contributed by atoms with E-state index in [-0.39, 0.29) is 6.10 Å². The Morgan fingerprint density at radius 1 is 1.12 bits per heavy atom. The summed E-state index contributed by atoms with van der Waals surface area (Å²) in [5, 5.41) is 10.4. The lowest BCUT2D eigenvalue weighted by Gasteiger charge is -2.30. The molecule has 0 radical (unpaired) electrons. The molecule has 2 rings (SSSR count). The molecule has 17 heavy (non-hydrogen) atoms. The first-order chi connectivity index (χ1) is 8.08. The maximum absolute atomic E-state index is 10.4. The van der Waals surface area contributed by atoms with Gasteiger partial charge in [-0.1, -0.05) is 25.8 Å². The first kappa shape index (κ1) is 13.6. The lowest BCUT2D eigenvalue weighted by atomic mass is 9.78. The molecule has 1 unspecified atom stereocenters. The van der Waals surface area contributed by atoms with Gasteiger partial charge >= 0.3 is 0 Å². The van der Waals surface area contributed by atoms with E-state index in [1.807, 2.05) is 18.2 Å². The fraction of sp³-hybridized carbons (Fsp3) is 0.571. The summed E-state index contributed by atoms with van der Waals surface area (Å²) in [7, 11) is 0. The second-order valence-corrected chi connectivity index (χ2v) is 6.85. The van der Waals surface area contributed by atoms with E-state index in [1.54, 1.807) is 0 Å². The van der Waals surface area contributed by atoms with Crippen LogP contribution in [-0.2, 0) is 0 Å². The molecule has 1 aromatic carbocycles. The molecule has 3 heteroatoms. The van der Waals surface area contributed by atoms with Crippen molar-refractivity contribution in [2.24, 2.45) is 11.8 Å². The minimum Gasteiger partial charge on any atom is -0.388 e. The summed E-state index contributed by atoms with van der Waals surface area (Å²) in [5.74, 6) is 1.26. The highest BCUT2D eigenvalue weighted by atomic mass is 79.9. The normalized spacial score (nSPS) is 26.8. The topological polar surface area (TPSA) is 20.2 Å². The minimum absolute atomic E-state index is 0.313. The van der Waals surface area contributed by atoms with Gasteiger partial charge < -0.3 is 5.11 Å². The van der Waals surface area contributed by atoms with Gasteiger partial charge in [0.15, 0.2) is 0 Å². The van der Waals surface area contributed by atoms with Gasteiger partial charge in [0.1, 0.15) is 0 Å². The van der Waals surface area contributed by atoms with Crippen LogP contribution in [0.5, 0.6) is 0 Å². The Labute approximate surface area is 120 Å². The zero-order valence-corrected chi connectivity index (χ0v) is 13.2. The third kappa shape index (κ3) is 3.33. The van der Waals surface area contributed by atoms with Crippen molar-refractivity contribution in [3.05, 3.63) is 32.7 Å². The van der Waals surface area contributed by atoms with Crippen LogP contribution in [0.25, 0.3) is 0 Å². The SMILES string of the molecule is CC1CCC(C(O)c2ccc(Br)c(Br)c2)CC1. The van der Waals surface area contributed by atoms with Gasteiger partial charge in [0.25, 0.3) is 0 Å². The average Bonchev–Trinajstić information content (AvgIpc) is 2.33. The fourth-order valence-electron chi connectivity index (χ4n) is 2.57. The lowest BCUT2D eigenvalue weighted by Crippen LogP contribution is -2.19. The van der Waals surface area contributed by atoms with Crippen LogP contribution in [-0.4, -0.2) is 5.11 Å². The average molecular weight is 362 g/mol. The summed E-state index contributed by atoms with van der Waals surface area (Å²) >= 11 is 6.94. The van der Waals surface area contributed by atoms with Crippen LogP contribution in [0, 0.1) is 11.8 Å². The second-order valence-electron chi connectivity index (χ2n) is 5.14. The number of rotatable bonds is 2. The van der Waals surface area contributed by atoms with Gasteiger partial charge in [0, 0.05) is 8.95 Å². The molecule has 1 aliphatic carbocycles. The first-order valence-electron chi connectivity index (χ1n) is 6.21. The summed E-state index contributed by atoms with van der Waals surface area (Å²) in [6.45, 7) is 2.30. The number of hydrogen-bond donors (Lipinski definition) is 1. The van der Waals surface area contributed by atoms with E-state index in [0.29, 0.717) is 5.92 Å². The predicted octanol–water partition coefficient (Wildman–Crippen LogP) is 5.07. The molecule has 1 aliphatic rings. The Balaban J connectivity index is 2.08. The Morgan fingerprint density at radius 2 is 1.76 bits per heavy atom. The maximum atomic E-state index is 10.4. The van der Waals surface area contributed by atoms with Crippen molar-refractivity contribution in [3.63, 3.8) is 0 Å². The fourth-order valence-corrected chi connectivity index (χ4v) is 3.21. The molecule has 1 atom stereocenters. The molecular formula is C14H18Br2O.